The molecule has 1 aromatic carbocycles. The number of halogens is 1. The number of carboxylic acid groups (broad SMARTS) is 1. The first-order valence-electron chi connectivity index (χ1n) is 3.89. The minimum Gasteiger partial charge on any atom is -0.488 e. The molecule has 0 unspecified atom stereocenters. The van der Waals surface area contributed by atoms with E-state index in [-0.39, 0.29) is 12.2 Å². The van der Waals surface area contributed by atoms with Crippen LogP contribution < -0.4 is 4.74 Å². The van der Waals surface area contributed by atoms with E-state index < -0.39 is 5.97 Å². The minimum absolute atomic E-state index is 0.216. The van der Waals surface area contributed by atoms with Crippen molar-refractivity contribution in [2.75, 3.05) is 6.61 Å². The molecule has 0 aliphatic heterocycles. The molecule has 74 valence electrons. The van der Waals surface area contributed by atoms with Crippen LogP contribution in [0.15, 0.2) is 35.9 Å². The molecule has 0 saturated heterocycles. The average molecular weight is 213 g/mol. The summed E-state index contributed by atoms with van der Waals surface area (Å²) in [4.78, 5) is 10.5. The van der Waals surface area contributed by atoms with Gasteiger partial charge in [0.25, 0.3) is 0 Å². The normalized spacial score (nSPS) is 9.50. The summed E-state index contributed by atoms with van der Waals surface area (Å²) in [7, 11) is 0. The van der Waals surface area contributed by atoms with Gasteiger partial charge in [-0.2, -0.15) is 0 Å². The van der Waals surface area contributed by atoms with Crippen LogP contribution in [-0.4, -0.2) is 17.7 Å². The van der Waals surface area contributed by atoms with E-state index >= 15 is 0 Å². The van der Waals surface area contributed by atoms with E-state index in [4.69, 9.17) is 21.4 Å². The molecule has 0 aliphatic carbocycles. The first kappa shape index (κ1) is 10.6. The van der Waals surface area contributed by atoms with Gasteiger partial charge in [0.15, 0.2) is 0 Å². The second-order valence-electron chi connectivity index (χ2n) is 2.64. The third kappa shape index (κ3) is 3.11. The highest BCUT2D eigenvalue weighted by Gasteiger charge is 2.01. The maximum atomic E-state index is 10.5. The Morgan fingerprint density at radius 2 is 2.00 bits per heavy atom. The van der Waals surface area contributed by atoms with Crippen molar-refractivity contribution in [2.45, 2.75) is 0 Å². The van der Waals surface area contributed by atoms with Crippen molar-refractivity contribution in [1.29, 1.82) is 0 Å². The molecular formula is C10H9ClO3. The van der Waals surface area contributed by atoms with Crippen molar-refractivity contribution in [3.05, 3.63) is 41.4 Å². The number of benzene rings is 1. The summed E-state index contributed by atoms with van der Waals surface area (Å²) in [5.41, 5.74) is 0.224. The lowest BCUT2D eigenvalue weighted by Gasteiger charge is -2.04. The molecule has 0 radical (unpaired) electrons. The number of hydrogen-bond acceptors (Lipinski definition) is 2. The molecule has 1 rings (SSSR count). The van der Waals surface area contributed by atoms with Gasteiger partial charge in [0, 0.05) is 5.03 Å². The highest BCUT2D eigenvalue weighted by molar-refractivity contribution is 6.29. The summed E-state index contributed by atoms with van der Waals surface area (Å²) in [6, 6.07) is 6.08. The number of ether oxygens (including phenoxy) is 1. The van der Waals surface area contributed by atoms with Gasteiger partial charge in [0.2, 0.25) is 0 Å². The van der Waals surface area contributed by atoms with Crippen LogP contribution in [0.4, 0.5) is 0 Å². The van der Waals surface area contributed by atoms with Crippen LogP contribution in [0, 0.1) is 0 Å². The Bertz CT molecular complexity index is 343. The van der Waals surface area contributed by atoms with Crippen molar-refractivity contribution in [3.8, 4) is 5.75 Å². The summed E-state index contributed by atoms with van der Waals surface area (Å²) in [6.07, 6.45) is 0. The van der Waals surface area contributed by atoms with Crippen molar-refractivity contribution >= 4 is 17.6 Å². The second kappa shape index (κ2) is 4.67. The Morgan fingerprint density at radius 1 is 1.43 bits per heavy atom. The average Bonchev–Trinajstić information content (AvgIpc) is 2.15. The second-order valence-corrected chi connectivity index (χ2v) is 3.17. The third-order valence-electron chi connectivity index (χ3n) is 1.50. The Kier molecular flexibility index (Phi) is 3.54. The smallest absolute Gasteiger partial charge is 0.335 e. The van der Waals surface area contributed by atoms with Crippen LogP contribution in [-0.2, 0) is 0 Å². The van der Waals surface area contributed by atoms with E-state index in [0.29, 0.717) is 10.8 Å². The van der Waals surface area contributed by atoms with Crippen molar-refractivity contribution in [2.24, 2.45) is 0 Å². The van der Waals surface area contributed by atoms with Crippen LogP contribution >= 0.6 is 11.6 Å². The zero-order valence-corrected chi connectivity index (χ0v) is 8.12. The predicted octanol–water partition coefficient (Wildman–Crippen LogP) is 2.52. The van der Waals surface area contributed by atoms with Gasteiger partial charge < -0.3 is 9.84 Å². The van der Waals surface area contributed by atoms with E-state index in [1.807, 2.05) is 0 Å². The molecule has 0 bridgehead atoms. The summed E-state index contributed by atoms with van der Waals surface area (Å²) in [6.45, 7) is 3.68. The SMILES string of the molecule is C=C(Cl)COc1ccc(C(=O)O)cc1. The van der Waals surface area contributed by atoms with E-state index in [1.165, 1.54) is 12.1 Å². The van der Waals surface area contributed by atoms with Crippen molar-refractivity contribution in [3.63, 3.8) is 0 Å². The van der Waals surface area contributed by atoms with Gasteiger partial charge in [-0.15, -0.1) is 0 Å². The van der Waals surface area contributed by atoms with Gasteiger partial charge in [0.1, 0.15) is 12.4 Å². The number of carboxylic acids is 1. The van der Waals surface area contributed by atoms with Crippen LogP contribution in [0.2, 0.25) is 0 Å². The quantitative estimate of drug-likeness (QED) is 0.834. The lowest BCUT2D eigenvalue weighted by molar-refractivity contribution is 0.0697. The Labute approximate surface area is 86.6 Å². The van der Waals surface area contributed by atoms with Gasteiger partial charge in [-0.1, -0.05) is 18.2 Å². The van der Waals surface area contributed by atoms with Crippen LogP contribution in [0.5, 0.6) is 5.75 Å². The van der Waals surface area contributed by atoms with Crippen LogP contribution in [0.1, 0.15) is 10.4 Å². The van der Waals surface area contributed by atoms with E-state index in [2.05, 4.69) is 6.58 Å². The summed E-state index contributed by atoms with van der Waals surface area (Å²) in [5.74, 6) is -0.393. The number of rotatable bonds is 4. The van der Waals surface area contributed by atoms with Gasteiger partial charge in [-0.3, -0.25) is 0 Å². The zero-order chi connectivity index (χ0) is 10.6. The topological polar surface area (TPSA) is 46.5 Å². The summed E-state index contributed by atoms with van der Waals surface area (Å²) >= 11 is 5.50. The number of aromatic carboxylic acids is 1. The predicted molar refractivity (Wildman–Crippen MR) is 53.9 cm³/mol. The molecule has 0 spiro atoms. The maximum absolute atomic E-state index is 10.5. The first-order chi connectivity index (χ1) is 6.59. The van der Waals surface area contributed by atoms with Crippen molar-refractivity contribution < 1.29 is 14.6 Å². The molecule has 0 amide bonds. The largest absolute Gasteiger partial charge is 0.488 e. The molecule has 14 heavy (non-hydrogen) atoms. The van der Waals surface area contributed by atoms with E-state index in [1.54, 1.807) is 12.1 Å². The fourth-order valence-electron chi connectivity index (χ4n) is 0.855. The molecule has 0 saturated carbocycles. The lowest BCUT2D eigenvalue weighted by Crippen LogP contribution is -1.98. The third-order valence-corrected chi connectivity index (χ3v) is 1.61. The van der Waals surface area contributed by atoms with Gasteiger partial charge in [-0.25, -0.2) is 4.79 Å². The Balaban J connectivity index is 2.64. The fraction of sp³-hybridized carbons (Fsp3) is 0.100. The van der Waals surface area contributed by atoms with Gasteiger partial charge in [0.05, 0.1) is 5.56 Å². The standard InChI is InChI=1S/C10H9ClO3/c1-7(11)6-14-9-4-2-8(3-5-9)10(12)13/h2-5H,1,6H2,(H,12,13). The van der Waals surface area contributed by atoms with Crippen LogP contribution in [0.25, 0.3) is 0 Å². The highest BCUT2D eigenvalue weighted by Crippen LogP contribution is 2.13. The molecular weight excluding hydrogens is 204 g/mol. The molecule has 0 aliphatic rings. The monoisotopic (exact) mass is 212 g/mol. The van der Waals surface area contributed by atoms with Crippen LogP contribution in [0.3, 0.4) is 0 Å². The van der Waals surface area contributed by atoms with E-state index in [9.17, 15) is 4.79 Å². The summed E-state index contributed by atoms with van der Waals surface area (Å²) in [5, 5.41) is 9.01. The van der Waals surface area contributed by atoms with Crippen molar-refractivity contribution in [1.82, 2.24) is 0 Å². The molecule has 3 nitrogen and oxygen atoms in total. The number of hydrogen-bond donors (Lipinski definition) is 1. The maximum Gasteiger partial charge on any atom is 0.335 e. The molecule has 0 aromatic heterocycles. The summed E-state index contributed by atoms with van der Waals surface area (Å²) < 4.78 is 5.18. The van der Waals surface area contributed by atoms with Gasteiger partial charge in [-0.05, 0) is 24.3 Å². The van der Waals surface area contributed by atoms with E-state index in [0.717, 1.165) is 0 Å². The molecule has 1 aromatic rings. The Morgan fingerprint density at radius 3 is 2.43 bits per heavy atom. The first-order valence-corrected chi connectivity index (χ1v) is 4.27. The minimum atomic E-state index is -0.960. The molecule has 0 fully saturated rings. The van der Waals surface area contributed by atoms with Gasteiger partial charge >= 0.3 is 5.97 Å². The molecule has 0 atom stereocenters. The molecule has 4 heteroatoms. The molecule has 1 N–H and O–H groups in total. The fourth-order valence-corrected chi connectivity index (χ4v) is 0.910. The molecule has 0 heterocycles. The lowest BCUT2D eigenvalue weighted by atomic mass is 10.2. The zero-order valence-electron chi connectivity index (χ0n) is 7.37. The number of carbonyl (C=O) groups is 1. The highest BCUT2D eigenvalue weighted by atomic mass is 35.5. The Hall–Kier alpha value is -1.48.